The van der Waals surface area contributed by atoms with E-state index in [1.54, 1.807) is 17.5 Å². The number of rotatable bonds is 7. The second kappa shape index (κ2) is 9.28. The predicted molar refractivity (Wildman–Crippen MR) is 115 cm³/mol. The summed E-state index contributed by atoms with van der Waals surface area (Å²) in [4.78, 5) is 15.1. The number of halogens is 1. The Labute approximate surface area is 187 Å². The van der Waals surface area contributed by atoms with Gasteiger partial charge in [0.2, 0.25) is 10.0 Å². The number of hydrogen-bond donors (Lipinski definition) is 0. The Bertz CT molecular complexity index is 1220. The molecule has 0 unspecified atom stereocenters. The van der Waals surface area contributed by atoms with Crippen LogP contribution in [0.3, 0.4) is 0 Å². The largest absolute Gasteiger partial charge is 0.480 e. The summed E-state index contributed by atoms with van der Waals surface area (Å²) in [5, 5.41) is 14.0. The number of sulfonamides is 1. The third kappa shape index (κ3) is 4.78. The lowest BCUT2D eigenvalue weighted by Crippen LogP contribution is -2.40. The van der Waals surface area contributed by atoms with E-state index in [-0.39, 0.29) is 49.4 Å². The van der Waals surface area contributed by atoms with Gasteiger partial charge >= 0.3 is 5.69 Å². The molecule has 1 aliphatic heterocycles. The fraction of sp³-hybridized carbons (Fsp3) is 0.250. The number of nitro benzene ring substituents is 1. The average molecular weight is 480 g/mol. The van der Waals surface area contributed by atoms with Gasteiger partial charge in [-0.15, -0.1) is 11.3 Å². The van der Waals surface area contributed by atoms with E-state index in [2.05, 4.69) is 4.98 Å². The number of hydrogen-bond acceptors (Lipinski definition) is 8. The highest BCUT2D eigenvalue weighted by atomic mass is 32.2. The van der Waals surface area contributed by atoms with E-state index in [0.717, 1.165) is 11.6 Å². The van der Waals surface area contributed by atoms with Crippen molar-refractivity contribution < 1.29 is 27.2 Å². The van der Waals surface area contributed by atoms with E-state index in [9.17, 15) is 22.9 Å². The summed E-state index contributed by atoms with van der Waals surface area (Å²) in [7, 11) is -3.88. The monoisotopic (exact) mass is 479 g/mol. The molecule has 2 aromatic carbocycles. The molecule has 0 spiro atoms. The number of nitrogens with zero attached hydrogens (tertiary/aromatic N) is 3. The van der Waals surface area contributed by atoms with E-state index in [1.165, 1.54) is 39.9 Å². The minimum absolute atomic E-state index is 0.0475. The van der Waals surface area contributed by atoms with Gasteiger partial charge in [-0.2, -0.15) is 4.31 Å². The topological polar surface area (TPSA) is 112 Å². The van der Waals surface area contributed by atoms with Crippen LogP contribution < -0.4 is 4.74 Å². The second-order valence-electron chi connectivity index (χ2n) is 6.84. The third-order valence-electron chi connectivity index (χ3n) is 4.75. The van der Waals surface area contributed by atoms with Gasteiger partial charge in [-0.3, -0.25) is 10.1 Å². The Morgan fingerprint density at radius 1 is 1.19 bits per heavy atom. The Morgan fingerprint density at radius 3 is 2.59 bits per heavy atom. The van der Waals surface area contributed by atoms with Crippen LogP contribution in [0.1, 0.15) is 5.69 Å². The smallest absolute Gasteiger partial charge is 0.312 e. The Balaban J connectivity index is 1.52. The fourth-order valence-electron chi connectivity index (χ4n) is 3.11. The number of ether oxygens (including phenoxy) is 2. The molecule has 32 heavy (non-hydrogen) atoms. The first-order valence-electron chi connectivity index (χ1n) is 9.54. The molecular weight excluding hydrogens is 461 g/mol. The summed E-state index contributed by atoms with van der Waals surface area (Å²) in [6, 6.07) is 9.46. The minimum atomic E-state index is -3.88. The van der Waals surface area contributed by atoms with Gasteiger partial charge in [-0.1, -0.05) is 0 Å². The maximum atomic E-state index is 13.1. The lowest BCUT2D eigenvalue weighted by Gasteiger charge is -2.26. The van der Waals surface area contributed by atoms with Gasteiger partial charge in [-0.25, -0.2) is 17.8 Å². The van der Waals surface area contributed by atoms with E-state index < -0.39 is 20.6 Å². The van der Waals surface area contributed by atoms with Crippen molar-refractivity contribution in [1.29, 1.82) is 0 Å². The van der Waals surface area contributed by atoms with E-state index >= 15 is 0 Å². The fourth-order valence-corrected chi connectivity index (χ4v) is 5.35. The van der Waals surface area contributed by atoms with Crippen LogP contribution >= 0.6 is 11.3 Å². The Kier molecular flexibility index (Phi) is 6.46. The molecule has 1 fully saturated rings. The summed E-state index contributed by atoms with van der Waals surface area (Å²) >= 11 is 1.33. The molecule has 2 heterocycles. The van der Waals surface area contributed by atoms with Crippen LogP contribution in [0.4, 0.5) is 10.1 Å². The number of morpholine rings is 1. The Morgan fingerprint density at radius 2 is 1.91 bits per heavy atom. The third-order valence-corrected chi connectivity index (χ3v) is 7.59. The van der Waals surface area contributed by atoms with Gasteiger partial charge in [0.1, 0.15) is 17.4 Å². The van der Waals surface area contributed by atoms with Crippen molar-refractivity contribution >= 4 is 27.0 Å². The molecule has 12 heteroatoms. The van der Waals surface area contributed by atoms with E-state index in [0.29, 0.717) is 10.7 Å². The zero-order valence-electron chi connectivity index (χ0n) is 16.6. The van der Waals surface area contributed by atoms with Crippen molar-refractivity contribution in [2.75, 3.05) is 26.3 Å². The van der Waals surface area contributed by atoms with Crippen molar-refractivity contribution in [3.8, 4) is 16.3 Å². The number of thiazole rings is 1. The molecule has 0 N–H and O–H groups in total. The summed E-state index contributed by atoms with van der Waals surface area (Å²) in [6.07, 6.45) is 0. The molecule has 0 radical (unpaired) electrons. The van der Waals surface area contributed by atoms with Crippen molar-refractivity contribution in [2.24, 2.45) is 0 Å². The molecule has 168 valence electrons. The summed E-state index contributed by atoms with van der Waals surface area (Å²) in [5.74, 6) is -0.410. The van der Waals surface area contributed by atoms with Crippen molar-refractivity contribution in [3.63, 3.8) is 0 Å². The highest BCUT2D eigenvalue weighted by Crippen LogP contribution is 2.32. The second-order valence-corrected chi connectivity index (χ2v) is 9.64. The van der Waals surface area contributed by atoms with Crippen molar-refractivity contribution in [2.45, 2.75) is 11.5 Å². The van der Waals surface area contributed by atoms with Crippen molar-refractivity contribution in [1.82, 2.24) is 9.29 Å². The quantitative estimate of drug-likeness (QED) is 0.377. The highest BCUT2D eigenvalue weighted by Gasteiger charge is 2.29. The number of nitro groups is 1. The molecule has 0 aliphatic carbocycles. The first-order chi connectivity index (χ1) is 15.3. The predicted octanol–water partition coefficient (Wildman–Crippen LogP) is 3.46. The summed E-state index contributed by atoms with van der Waals surface area (Å²) in [6.45, 7) is 0.878. The standard InChI is InChI=1S/C20H18FN3O6S2/c21-15-3-1-14(2-4-15)20-22-16(13-31-20)12-30-19-6-5-17(11-18(19)24(25)26)32(27,28)23-7-9-29-10-8-23/h1-6,11,13H,7-10,12H2. The zero-order chi connectivity index (χ0) is 22.7. The summed E-state index contributed by atoms with van der Waals surface area (Å²) < 4.78 is 50.6. The molecule has 1 saturated heterocycles. The SMILES string of the molecule is O=[N+]([O-])c1cc(S(=O)(=O)N2CCOCC2)ccc1OCc1csc(-c2ccc(F)cc2)n1. The highest BCUT2D eigenvalue weighted by molar-refractivity contribution is 7.89. The maximum absolute atomic E-state index is 13.1. The molecule has 3 aromatic rings. The molecule has 4 rings (SSSR count). The molecule has 0 saturated carbocycles. The van der Waals surface area contributed by atoms with Gasteiger partial charge in [-0.05, 0) is 36.4 Å². The molecule has 0 bridgehead atoms. The molecule has 0 atom stereocenters. The molecule has 9 nitrogen and oxygen atoms in total. The maximum Gasteiger partial charge on any atom is 0.312 e. The molecule has 0 amide bonds. The van der Waals surface area contributed by atoms with Crippen LogP contribution in [0, 0.1) is 15.9 Å². The van der Waals surface area contributed by atoms with Crippen LogP contribution in [-0.2, 0) is 21.4 Å². The summed E-state index contributed by atoms with van der Waals surface area (Å²) in [5.41, 5.74) is 0.827. The minimum Gasteiger partial charge on any atom is -0.480 e. The van der Waals surface area contributed by atoms with Crippen LogP contribution in [0.15, 0.2) is 52.7 Å². The Hall–Kier alpha value is -2.93. The van der Waals surface area contributed by atoms with Crippen LogP contribution in [0.2, 0.25) is 0 Å². The molecular formula is C20H18FN3O6S2. The normalized spacial score (nSPS) is 14.9. The lowest BCUT2D eigenvalue weighted by molar-refractivity contribution is -0.386. The van der Waals surface area contributed by atoms with Gasteiger partial charge in [0.15, 0.2) is 5.75 Å². The zero-order valence-corrected chi connectivity index (χ0v) is 18.3. The average Bonchev–Trinajstić information content (AvgIpc) is 3.27. The van der Waals surface area contributed by atoms with E-state index in [1.807, 2.05) is 0 Å². The van der Waals surface area contributed by atoms with Crippen molar-refractivity contribution in [3.05, 3.63) is 69.5 Å². The van der Waals surface area contributed by atoms with Gasteiger partial charge in [0.25, 0.3) is 0 Å². The van der Waals surface area contributed by atoms with Gasteiger partial charge < -0.3 is 9.47 Å². The number of benzene rings is 2. The van der Waals surface area contributed by atoms with E-state index in [4.69, 9.17) is 9.47 Å². The van der Waals surface area contributed by atoms with Gasteiger partial charge in [0.05, 0.1) is 28.7 Å². The van der Waals surface area contributed by atoms with Gasteiger partial charge in [0, 0.05) is 30.1 Å². The van der Waals surface area contributed by atoms with Crippen LogP contribution in [0.25, 0.3) is 10.6 Å². The lowest BCUT2D eigenvalue weighted by atomic mass is 10.2. The van der Waals surface area contributed by atoms with Crippen LogP contribution in [-0.4, -0.2) is 48.9 Å². The first-order valence-corrected chi connectivity index (χ1v) is 11.9. The molecule has 1 aromatic heterocycles. The number of aromatic nitrogens is 1. The molecule has 1 aliphatic rings. The first kappa shape index (κ1) is 22.3. The van der Waals surface area contributed by atoms with Crippen LogP contribution in [0.5, 0.6) is 5.75 Å².